The largest absolute Gasteiger partial charge is 0.508 e. The van der Waals surface area contributed by atoms with E-state index in [-0.39, 0.29) is 81.1 Å². The summed E-state index contributed by atoms with van der Waals surface area (Å²) in [5, 5.41) is 63.8. The summed E-state index contributed by atoms with van der Waals surface area (Å²) in [5.41, 5.74) is 34.4. The number of benzene rings is 1. The summed E-state index contributed by atoms with van der Waals surface area (Å²) in [6.07, 6.45) is 2.86. The predicted octanol–water partition coefficient (Wildman–Crippen LogP) is -7.40. The maximum Gasteiger partial charge on any atom is 0.326 e. The van der Waals surface area contributed by atoms with E-state index in [1.54, 1.807) is 0 Å². The highest BCUT2D eigenvalue weighted by atomic mass is 32.1. The number of imidazole rings is 2. The van der Waals surface area contributed by atoms with Gasteiger partial charge in [-0.3, -0.25) is 67.7 Å². The van der Waals surface area contributed by atoms with E-state index in [1.807, 2.05) is 0 Å². The standard InChI is InChI=1S/C59H92N22O17S/c1-30(72-50(89)37(9-6-20-69-59(65)66)74-49(88)35(62)7-2-4-18-60)48(87)73-38(14-16-45(63)83)52(91)79-42(24-46(64)84)56(95)78-41(22-32-25-67-28-70-32)55(94)77-40(21-31-10-12-34(82)13-11-31)54(93)81-44(27-99)57(96)75-36(8-3-5-19-61)51(90)76-39(15-17-47(85)86)53(92)80-43(58(97)98)23-33-26-68-29-71-33/h10-13,25-26,28-30,35-44,82,99H,2-9,14-24,27,60-62H2,1H3,(H2,63,83)(H2,64,84)(H,67,70)(H,68,71)(H,72,89)(H,73,87)(H,74,88)(H,75,96)(H,76,90)(H,77,94)(H,78,95)(H,79,91)(H,80,92)(H,81,93)(H,85,86)(H,97,98)(H4,65,66,69)/t30-,35-,36-,37-,38-,39-,40-,41-,42-,43-,44-/m0/s1. The van der Waals surface area contributed by atoms with Gasteiger partial charge < -0.3 is 118 Å². The molecule has 0 bridgehead atoms. The Balaban J connectivity index is 1.93. The molecule has 12 amide bonds. The average molecular weight is 1410 g/mol. The monoisotopic (exact) mass is 1410 g/mol. The summed E-state index contributed by atoms with van der Waals surface area (Å²) < 4.78 is 0. The van der Waals surface area contributed by atoms with Gasteiger partial charge in [0, 0.05) is 56.8 Å². The van der Waals surface area contributed by atoms with Crippen molar-refractivity contribution in [1.29, 1.82) is 5.41 Å². The normalized spacial score (nSPS) is 14.3. The Morgan fingerprint density at radius 1 is 0.495 bits per heavy atom. The maximum atomic E-state index is 14.7. The Hall–Kier alpha value is -10.5. The lowest BCUT2D eigenvalue weighted by Crippen LogP contribution is -2.61. The van der Waals surface area contributed by atoms with E-state index in [0.29, 0.717) is 31.4 Å². The molecule has 0 aliphatic heterocycles. The molecule has 2 heterocycles. The first-order valence-corrected chi connectivity index (χ1v) is 32.2. The van der Waals surface area contributed by atoms with Crippen molar-refractivity contribution in [3.8, 4) is 5.75 Å². The van der Waals surface area contributed by atoms with E-state index >= 15 is 0 Å². The minimum atomic E-state index is -1.94. The summed E-state index contributed by atoms with van der Waals surface area (Å²) in [7, 11) is 0. The van der Waals surface area contributed by atoms with Gasteiger partial charge in [0.25, 0.3) is 0 Å². The molecule has 0 saturated carbocycles. The number of nitrogens with zero attached hydrogens (tertiary/aromatic N) is 2. The van der Waals surface area contributed by atoms with Gasteiger partial charge in [0.1, 0.15) is 66.2 Å². The second kappa shape index (κ2) is 43.6. The Morgan fingerprint density at radius 3 is 1.39 bits per heavy atom. The van der Waals surface area contributed by atoms with Crippen LogP contribution in [0.3, 0.4) is 0 Å². The van der Waals surface area contributed by atoms with Crippen molar-refractivity contribution in [3.63, 3.8) is 0 Å². The number of nitrogens with one attached hydrogen (secondary N) is 14. The van der Waals surface area contributed by atoms with Crippen molar-refractivity contribution in [2.24, 2.45) is 34.4 Å². The number of H-pyrrole nitrogens is 2. The molecule has 40 heteroatoms. The molecule has 3 rings (SSSR count). The number of primary amides is 2. The highest BCUT2D eigenvalue weighted by Crippen LogP contribution is 2.14. The first-order valence-electron chi connectivity index (χ1n) is 31.6. The highest BCUT2D eigenvalue weighted by Gasteiger charge is 2.37. The van der Waals surface area contributed by atoms with Crippen LogP contribution in [0.2, 0.25) is 0 Å². The third kappa shape index (κ3) is 31.5. The van der Waals surface area contributed by atoms with E-state index in [4.69, 9.17) is 39.8 Å². The predicted molar refractivity (Wildman–Crippen MR) is 355 cm³/mol. The molecule has 1 aromatic carbocycles. The van der Waals surface area contributed by atoms with Crippen molar-refractivity contribution in [2.45, 2.75) is 176 Å². The van der Waals surface area contributed by atoms with E-state index < -0.39 is 194 Å². The quantitative estimate of drug-likeness (QED) is 0.0108. The number of aromatic nitrogens is 4. The molecule has 0 saturated heterocycles. The number of carbonyl (C=O) groups excluding carboxylic acids is 12. The van der Waals surface area contributed by atoms with Crippen LogP contribution < -0.4 is 92.9 Å². The van der Waals surface area contributed by atoms with Crippen LogP contribution in [0.5, 0.6) is 5.75 Å². The number of phenols is 1. The molecule has 0 fully saturated rings. The summed E-state index contributed by atoms with van der Waals surface area (Å²) in [5.74, 6) is -16.3. The minimum Gasteiger partial charge on any atom is -0.508 e. The Labute approximate surface area is 573 Å². The molecule has 11 atom stereocenters. The topological polar surface area (TPSA) is 669 Å². The fourth-order valence-corrected chi connectivity index (χ4v) is 9.72. The van der Waals surface area contributed by atoms with E-state index in [1.165, 1.54) is 56.2 Å². The smallest absolute Gasteiger partial charge is 0.326 e. The number of hydrogen-bond donors (Lipinski definition) is 24. The van der Waals surface area contributed by atoms with E-state index in [0.717, 1.165) is 0 Å². The van der Waals surface area contributed by atoms with Crippen LogP contribution in [0.1, 0.15) is 107 Å². The van der Waals surface area contributed by atoms with Crippen LogP contribution in [0.25, 0.3) is 0 Å². The number of rotatable bonds is 48. The number of aromatic hydroxyl groups is 1. The zero-order valence-corrected chi connectivity index (χ0v) is 55.4. The number of unbranched alkanes of at least 4 members (excludes halogenated alkanes) is 2. The second-order valence-electron chi connectivity index (χ2n) is 23.0. The number of phenolic OH excluding ortho intramolecular Hbond substituents is 1. The lowest BCUT2D eigenvalue weighted by molar-refractivity contribution is -0.143. The molecular weight excluding hydrogens is 1320 g/mol. The zero-order valence-electron chi connectivity index (χ0n) is 54.5. The molecule has 546 valence electrons. The first-order chi connectivity index (χ1) is 46.9. The highest BCUT2D eigenvalue weighted by molar-refractivity contribution is 7.80. The second-order valence-corrected chi connectivity index (χ2v) is 23.3. The molecule has 3 aromatic rings. The van der Waals surface area contributed by atoms with Crippen molar-refractivity contribution >= 4 is 101 Å². The van der Waals surface area contributed by atoms with Crippen LogP contribution in [-0.4, -0.2) is 216 Å². The number of aliphatic carboxylic acids is 2. The molecule has 0 spiro atoms. The summed E-state index contributed by atoms with van der Waals surface area (Å²) in [6, 6.07) is -11.8. The molecule has 39 nitrogen and oxygen atoms in total. The lowest BCUT2D eigenvalue weighted by Gasteiger charge is -2.28. The molecule has 0 radical (unpaired) electrons. The number of carbonyl (C=O) groups is 14. The maximum absolute atomic E-state index is 14.7. The number of carboxylic acid groups (broad SMARTS) is 2. The number of aromatic amines is 2. The molecular formula is C59H92N22O17S. The van der Waals surface area contributed by atoms with Gasteiger partial charge in [0.15, 0.2) is 5.96 Å². The number of guanidine groups is 1. The number of thiol groups is 1. The van der Waals surface area contributed by atoms with Gasteiger partial charge in [-0.05, 0) is 95.5 Å². The molecule has 0 aliphatic rings. The van der Waals surface area contributed by atoms with Gasteiger partial charge in [-0.1, -0.05) is 18.6 Å². The van der Waals surface area contributed by atoms with Crippen LogP contribution in [0.15, 0.2) is 49.3 Å². The Bertz CT molecular complexity index is 3200. The summed E-state index contributed by atoms with van der Waals surface area (Å²) in [4.78, 5) is 202. The number of nitrogens with two attached hydrogens (primary N) is 6. The lowest BCUT2D eigenvalue weighted by atomic mass is 10.0. The fraction of sp³-hybridized carbons (Fsp3) is 0.542. The average Bonchev–Trinajstić information content (AvgIpc) is 1.41. The van der Waals surface area contributed by atoms with Gasteiger partial charge in [0.2, 0.25) is 70.9 Å². The third-order valence-electron chi connectivity index (χ3n) is 14.9. The number of hydrogen-bond acceptors (Lipinski definition) is 22. The van der Waals surface area contributed by atoms with Gasteiger partial charge >= 0.3 is 11.9 Å². The number of amides is 12. The summed E-state index contributed by atoms with van der Waals surface area (Å²) >= 11 is 4.28. The van der Waals surface area contributed by atoms with Crippen LogP contribution in [0, 0.1) is 5.41 Å². The SMILES string of the molecule is C[C@H](NC(=O)[C@H](CCCNC(=N)N)NC(=O)[C@@H](N)CCCCN)C(=O)N[C@@H](CCC(N)=O)C(=O)N[C@@H](CC(N)=O)C(=O)N[C@@H](Cc1c[nH]cn1)C(=O)N[C@@H](Cc1ccc(O)cc1)C(=O)N[C@@H](CS)C(=O)N[C@@H](CCCCN)C(=O)N[C@@H](CCC(=O)O)C(=O)N[C@@H](Cc1c[nH]cn1)C(=O)O. The zero-order chi connectivity index (χ0) is 73.7. The molecule has 99 heavy (non-hydrogen) atoms. The third-order valence-corrected chi connectivity index (χ3v) is 15.3. The minimum absolute atomic E-state index is 0.0277. The molecule has 29 N–H and O–H groups in total. The Morgan fingerprint density at radius 2 is 0.909 bits per heavy atom. The fourth-order valence-electron chi connectivity index (χ4n) is 9.47. The molecule has 0 aliphatic carbocycles. The number of carboxylic acids is 2. The van der Waals surface area contributed by atoms with E-state index in [9.17, 15) is 82.4 Å². The Kier molecular flexibility index (Phi) is 36.5. The van der Waals surface area contributed by atoms with Gasteiger partial charge in [-0.2, -0.15) is 12.6 Å². The molecule has 2 aromatic heterocycles. The van der Waals surface area contributed by atoms with Crippen LogP contribution in [-0.2, 0) is 86.4 Å². The van der Waals surface area contributed by atoms with Crippen LogP contribution >= 0.6 is 12.6 Å². The van der Waals surface area contributed by atoms with Crippen molar-refractivity contribution in [2.75, 3.05) is 25.4 Å². The van der Waals surface area contributed by atoms with Gasteiger partial charge in [0.05, 0.1) is 36.5 Å². The van der Waals surface area contributed by atoms with Crippen LogP contribution in [0.4, 0.5) is 0 Å². The van der Waals surface area contributed by atoms with Crippen molar-refractivity contribution in [3.05, 3.63) is 66.3 Å². The van der Waals surface area contributed by atoms with Gasteiger partial charge in [-0.15, -0.1) is 0 Å². The van der Waals surface area contributed by atoms with Gasteiger partial charge in [-0.25, -0.2) is 14.8 Å². The summed E-state index contributed by atoms with van der Waals surface area (Å²) in [6.45, 7) is 1.86. The molecule has 0 unspecified atom stereocenters. The first kappa shape index (κ1) is 82.7. The van der Waals surface area contributed by atoms with E-state index in [2.05, 4.69) is 91.0 Å². The van der Waals surface area contributed by atoms with Crippen molar-refractivity contribution < 1.29 is 82.4 Å². The van der Waals surface area contributed by atoms with Crippen molar-refractivity contribution in [1.82, 2.24) is 78.4 Å².